The van der Waals surface area contributed by atoms with Gasteiger partial charge in [0, 0.05) is 11.5 Å². The molecule has 0 aliphatic heterocycles. The molecule has 0 saturated heterocycles. The summed E-state index contributed by atoms with van der Waals surface area (Å²) >= 11 is 0. The second kappa shape index (κ2) is 6.27. The molecule has 6 nitrogen and oxygen atoms in total. The molecule has 0 unspecified atom stereocenters. The molecule has 3 rings (SSSR count). The van der Waals surface area contributed by atoms with E-state index in [2.05, 4.69) is 4.98 Å². The van der Waals surface area contributed by atoms with Gasteiger partial charge in [0.05, 0.1) is 12.6 Å². The van der Waals surface area contributed by atoms with Gasteiger partial charge in [0.25, 0.3) is 0 Å². The summed E-state index contributed by atoms with van der Waals surface area (Å²) in [5, 5.41) is 28.8. The minimum absolute atomic E-state index is 0.0205. The maximum absolute atomic E-state index is 13.9. The fourth-order valence-electron chi connectivity index (χ4n) is 2.61. The average molecular weight is 343 g/mol. The number of nitrogens with zero attached hydrogens (tertiary/aromatic N) is 1. The number of methoxy groups -OCH3 is 1. The third kappa shape index (κ3) is 3.16. The van der Waals surface area contributed by atoms with Crippen LogP contribution < -0.4 is 4.74 Å². The van der Waals surface area contributed by atoms with E-state index in [-0.39, 0.29) is 34.9 Å². The topological polar surface area (TPSA) is 99.9 Å². The molecule has 7 heteroatoms. The summed E-state index contributed by atoms with van der Waals surface area (Å²) in [5.74, 6) is -2.38. The molecule has 128 valence electrons. The molecular weight excluding hydrogens is 329 g/mol. The van der Waals surface area contributed by atoms with Gasteiger partial charge in [0.2, 0.25) is 0 Å². The van der Waals surface area contributed by atoms with Crippen molar-refractivity contribution in [1.82, 2.24) is 4.98 Å². The van der Waals surface area contributed by atoms with Crippen LogP contribution >= 0.6 is 0 Å². The zero-order chi connectivity index (χ0) is 18.1. The first kappa shape index (κ1) is 16.5. The third-order valence-electron chi connectivity index (χ3n) is 3.82. The van der Waals surface area contributed by atoms with Gasteiger partial charge in [-0.15, -0.1) is 0 Å². The number of aromatic nitrogens is 1. The highest BCUT2D eigenvalue weighted by Crippen LogP contribution is 2.30. The number of carboxylic acid groups (broad SMARTS) is 1. The summed E-state index contributed by atoms with van der Waals surface area (Å²) in [6.45, 7) is 0. The van der Waals surface area contributed by atoms with Gasteiger partial charge in [-0.2, -0.15) is 0 Å². The summed E-state index contributed by atoms with van der Waals surface area (Å²) in [7, 11) is 1.33. The summed E-state index contributed by atoms with van der Waals surface area (Å²) in [6, 6.07) is 8.29. The van der Waals surface area contributed by atoms with Gasteiger partial charge in [-0.25, -0.2) is 14.2 Å². The zero-order valence-corrected chi connectivity index (χ0v) is 13.2. The third-order valence-corrected chi connectivity index (χ3v) is 3.82. The molecule has 0 radical (unpaired) electrons. The van der Waals surface area contributed by atoms with E-state index in [1.807, 2.05) is 0 Å². The number of rotatable bonds is 4. The molecular formula is C18H14FNO5. The highest BCUT2D eigenvalue weighted by molar-refractivity contribution is 5.92. The largest absolute Gasteiger partial charge is 0.504 e. The monoisotopic (exact) mass is 343 g/mol. The van der Waals surface area contributed by atoms with Crippen LogP contribution in [0.25, 0.3) is 10.9 Å². The van der Waals surface area contributed by atoms with Gasteiger partial charge < -0.3 is 20.1 Å². The highest BCUT2D eigenvalue weighted by Gasteiger charge is 2.15. The number of carboxylic acids is 1. The fraction of sp³-hybridized carbons (Fsp3) is 0.111. The number of fused-ring (bicyclic) bond motifs is 1. The van der Waals surface area contributed by atoms with Crippen LogP contribution in [0.1, 0.15) is 21.6 Å². The van der Waals surface area contributed by atoms with E-state index < -0.39 is 11.8 Å². The summed E-state index contributed by atoms with van der Waals surface area (Å²) in [6.07, 6.45) is 0.252. The Balaban J connectivity index is 2.19. The predicted octanol–water partition coefficient (Wildman–Crippen LogP) is 3.08. The summed E-state index contributed by atoms with van der Waals surface area (Å²) in [4.78, 5) is 15.3. The lowest BCUT2D eigenvalue weighted by Crippen LogP contribution is -2.04. The van der Waals surface area contributed by atoms with E-state index in [1.54, 1.807) is 6.07 Å². The van der Waals surface area contributed by atoms with Crippen LogP contribution in [0.3, 0.4) is 0 Å². The van der Waals surface area contributed by atoms with Crippen LogP contribution in [0, 0.1) is 5.82 Å². The van der Waals surface area contributed by atoms with Crippen molar-refractivity contribution in [2.24, 2.45) is 0 Å². The maximum Gasteiger partial charge on any atom is 0.354 e. The Morgan fingerprint density at radius 2 is 1.92 bits per heavy atom. The van der Waals surface area contributed by atoms with E-state index >= 15 is 0 Å². The van der Waals surface area contributed by atoms with Crippen molar-refractivity contribution in [3.63, 3.8) is 0 Å². The van der Waals surface area contributed by atoms with E-state index in [9.17, 15) is 24.5 Å². The molecule has 0 saturated carbocycles. The molecule has 0 aliphatic rings. The van der Waals surface area contributed by atoms with Gasteiger partial charge >= 0.3 is 5.97 Å². The molecule has 25 heavy (non-hydrogen) atoms. The van der Waals surface area contributed by atoms with Crippen LogP contribution in [0.2, 0.25) is 0 Å². The Bertz CT molecular complexity index is 987. The molecule has 0 atom stereocenters. The number of phenols is 2. The van der Waals surface area contributed by atoms with Crippen LogP contribution in [0.5, 0.6) is 17.2 Å². The lowest BCUT2D eigenvalue weighted by molar-refractivity contribution is 0.0691. The molecule has 0 aliphatic carbocycles. The first-order chi connectivity index (χ1) is 11.9. The van der Waals surface area contributed by atoms with E-state index in [1.165, 1.54) is 31.4 Å². The Morgan fingerprint density at radius 3 is 2.56 bits per heavy atom. The Hall–Kier alpha value is -3.35. The lowest BCUT2D eigenvalue weighted by atomic mass is 9.99. The minimum Gasteiger partial charge on any atom is -0.504 e. The smallest absolute Gasteiger partial charge is 0.354 e. The zero-order valence-electron chi connectivity index (χ0n) is 13.2. The average Bonchev–Trinajstić information content (AvgIpc) is 2.57. The number of aromatic hydroxyl groups is 2. The molecule has 2 aromatic carbocycles. The first-order valence-electron chi connectivity index (χ1n) is 7.30. The van der Waals surface area contributed by atoms with E-state index in [0.29, 0.717) is 16.5 Å². The van der Waals surface area contributed by atoms with Gasteiger partial charge in [0.15, 0.2) is 23.1 Å². The van der Waals surface area contributed by atoms with Crippen LogP contribution in [-0.2, 0) is 6.42 Å². The molecule has 3 N–H and O–H groups in total. The summed E-state index contributed by atoms with van der Waals surface area (Å²) < 4.78 is 18.9. The number of halogens is 1. The Labute approximate surface area is 141 Å². The van der Waals surface area contributed by atoms with Crippen LogP contribution in [-0.4, -0.2) is 33.4 Å². The number of pyridine rings is 1. The molecule has 0 bridgehead atoms. The van der Waals surface area contributed by atoms with E-state index in [4.69, 9.17) is 4.74 Å². The van der Waals surface area contributed by atoms with Gasteiger partial charge in [-0.1, -0.05) is 6.07 Å². The van der Waals surface area contributed by atoms with Crippen molar-refractivity contribution in [1.29, 1.82) is 0 Å². The molecule has 3 aromatic rings. The number of benzene rings is 2. The number of hydrogen-bond acceptors (Lipinski definition) is 5. The van der Waals surface area contributed by atoms with Crippen LogP contribution in [0.15, 0.2) is 36.4 Å². The number of carbonyl (C=O) groups is 1. The lowest BCUT2D eigenvalue weighted by Gasteiger charge is -2.11. The molecule has 0 fully saturated rings. The van der Waals surface area contributed by atoms with Crippen molar-refractivity contribution < 1.29 is 29.2 Å². The SMILES string of the molecule is COc1cc2c(Cc3ccc(O)c(O)c3)cc(C(=O)O)nc2cc1F. The number of aromatic carboxylic acids is 1. The normalized spacial score (nSPS) is 10.8. The predicted molar refractivity (Wildman–Crippen MR) is 87.8 cm³/mol. The number of hydrogen-bond donors (Lipinski definition) is 3. The van der Waals surface area contributed by atoms with Crippen molar-refractivity contribution in [2.75, 3.05) is 7.11 Å². The molecule has 1 heterocycles. The summed E-state index contributed by atoms with van der Waals surface area (Å²) in [5.41, 5.74) is 1.19. The van der Waals surface area contributed by atoms with Crippen molar-refractivity contribution in [2.45, 2.75) is 6.42 Å². The number of phenolic OH excluding ortho intramolecular Hbond substituents is 2. The fourth-order valence-corrected chi connectivity index (χ4v) is 2.61. The maximum atomic E-state index is 13.9. The number of ether oxygens (including phenoxy) is 1. The second-order valence-electron chi connectivity index (χ2n) is 5.48. The molecule has 0 spiro atoms. The highest BCUT2D eigenvalue weighted by atomic mass is 19.1. The van der Waals surface area contributed by atoms with Crippen LogP contribution in [0.4, 0.5) is 4.39 Å². The van der Waals surface area contributed by atoms with Crippen molar-refractivity contribution in [3.8, 4) is 17.2 Å². The Kier molecular flexibility index (Phi) is 4.14. The van der Waals surface area contributed by atoms with Crippen molar-refractivity contribution in [3.05, 3.63) is 59.0 Å². The standard InChI is InChI=1S/C18H14FNO5/c1-25-17-7-11-10(4-9-2-3-15(21)16(22)5-9)6-14(18(23)24)20-13(11)8-12(17)19/h2-3,5-8,21-22H,4H2,1H3,(H,23,24). The van der Waals surface area contributed by atoms with Gasteiger partial charge in [0.1, 0.15) is 5.69 Å². The van der Waals surface area contributed by atoms with Gasteiger partial charge in [-0.05, 0) is 41.8 Å². The minimum atomic E-state index is -1.23. The molecule has 0 amide bonds. The van der Waals surface area contributed by atoms with Gasteiger partial charge in [-0.3, -0.25) is 0 Å². The van der Waals surface area contributed by atoms with Crippen molar-refractivity contribution >= 4 is 16.9 Å². The van der Waals surface area contributed by atoms with E-state index in [0.717, 1.165) is 6.07 Å². The first-order valence-corrected chi connectivity index (χ1v) is 7.30. The quantitative estimate of drug-likeness (QED) is 0.630. The Morgan fingerprint density at radius 1 is 1.16 bits per heavy atom. The second-order valence-corrected chi connectivity index (χ2v) is 5.48. The molecule has 1 aromatic heterocycles.